The zero-order valence-corrected chi connectivity index (χ0v) is 29.7. The molecule has 0 aliphatic rings. The van der Waals surface area contributed by atoms with Crippen LogP contribution < -0.4 is 11.5 Å². The van der Waals surface area contributed by atoms with Crippen LogP contribution in [0.4, 0.5) is 14.4 Å². The Kier molecular flexibility index (Phi) is 20.4. The minimum absolute atomic E-state index is 0.239. The first-order chi connectivity index (χ1) is 20.4. The molecule has 0 aromatic rings. The first-order valence-electron chi connectivity index (χ1n) is 16.7. The molecule has 0 saturated heterocycles. The summed E-state index contributed by atoms with van der Waals surface area (Å²) in [6.45, 7) is 19.9. The molecule has 0 aromatic carbocycles. The maximum absolute atomic E-state index is 13.3. The summed E-state index contributed by atoms with van der Waals surface area (Å²) in [6.07, 6.45) is 8.53. The molecule has 0 aliphatic heterocycles. The van der Waals surface area contributed by atoms with Gasteiger partial charge in [0.25, 0.3) is 0 Å². The van der Waals surface area contributed by atoms with Gasteiger partial charge in [0.15, 0.2) is 0 Å². The number of nitrogens with zero attached hydrogens (tertiary/aromatic N) is 3. The zero-order valence-electron chi connectivity index (χ0n) is 29.7. The first-order valence-corrected chi connectivity index (χ1v) is 16.7. The van der Waals surface area contributed by atoms with Crippen molar-refractivity contribution in [1.29, 1.82) is 0 Å². The maximum atomic E-state index is 13.3. The van der Waals surface area contributed by atoms with Crippen LogP contribution in [-0.2, 0) is 14.2 Å². The molecule has 0 bridgehead atoms. The van der Waals surface area contributed by atoms with E-state index in [0.29, 0.717) is 26.2 Å². The van der Waals surface area contributed by atoms with Gasteiger partial charge in [0.2, 0.25) is 0 Å². The Morgan fingerprint density at radius 3 is 0.886 bits per heavy atom. The molecule has 0 aliphatic carbocycles. The molecule has 0 spiro atoms. The predicted octanol–water partition coefficient (Wildman–Crippen LogP) is 6.52. The van der Waals surface area contributed by atoms with Crippen LogP contribution in [0.5, 0.6) is 0 Å². The molecule has 44 heavy (non-hydrogen) atoms. The molecule has 0 aromatic heterocycles. The second-order valence-corrected chi connectivity index (χ2v) is 14.5. The van der Waals surface area contributed by atoms with E-state index in [0.717, 1.165) is 64.2 Å². The Hall–Kier alpha value is -2.27. The van der Waals surface area contributed by atoms with E-state index in [4.69, 9.17) is 25.7 Å². The van der Waals surface area contributed by atoms with Gasteiger partial charge in [-0.2, -0.15) is 0 Å². The molecule has 0 atom stereocenters. The van der Waals surface area contributed by atoms with Crippen molar-refractivity contribution in [2.75, 3.05) is 52.4 Å². The van der Waals surface area contributed by atoms with Crippen molar-refractivity contribution in [3.8, 4) is 0 Å². The van der Waals surface area contributed by atoms with Crippen molar-refractivity contribution in [2.45, 2.75) is 143 Å². The summed E-state index contributed by atoms with van der Waals surface area (Å²) in [5, 5.41) is 0. The fourth-order valence-corrected chi connectivity index (χ4v) is 4.30. The number of hydrogen-bond donors (Lipinski definition) is 2. The third-order valence-electron chi connectivity index (χ3n) is 6.50. The van der Waals surface area contributed by atoms with Crippen LogP contribution in [0.2, 0.25) is 0 Å². The second kappa shape index (κ2) is 21.5. The van der Waals surface area contributed by atoms with Crippen LogP contribution in [0.1, 0.15) is 127 Å². The van der Waals surface area contributed by atoms with Gasteiger partial charge in [-0.1, -0.05) is 38.5 Å². The Morgan fingerprint density at radius 2 is 0.636 bits per heavy atom. The van der Waals surface area contributed by atoms with Gasteiger partial charge >= 0.3 is 18.3 Å². The van der Waals surface area contributed by atoms with Gasteiger partial charge in [0.05, 0.1) is 0 Å². The summed E-state index contributed by atoms with van der Waals surface area (Å²) >= 11 is 0. The zero-order chi connectivity index (χ0) is 33.8. The van der Waals surface area contributed by atoms with E-state index >= 15 is 0 Å². The average Bonchev–Trinajstić information content (AvgIpc) is 2.86. The van der Waals surface area contributed by atoms with E-state index in [1.807, 2.05) is 62.3 Å². The highest BCUT2D eigenvalue weighted by Crippen LogP contribution is 2.15. The van der Waals surface area contributed by atoms with E-state index in [-0.39, 0.29) is 26.2 Å². The third-order valence-corrected chi connectivity index (χ3v) is 6.50. The molecule has 3 amide bonds. The molecular weight excluding hydrogens is 562 g/mol. The summed E-state index contributed by atoms with van der Waals surface area (Å²) in [5.41, 5.74) is 9.24. The van der Waals surface area contributed by atoms with Crippen LogP contribution in [0.15, 0.2) is 0 Å². The smallest absolute Gasteiger partial charge is 0.410 e. The number of unbranched alkanes of at least 4 members (excludes halogenated alkanes) is 8. The van der Waals surface area contributed by atoms with Crippen molar-refractivity contribution in [1.82, 2.24) is 14.7 Å². The van der Waals surface area contributed by atoms with E-state index in [9.17, 15) is 14.4 Å². The molecular formula is C33H67N5O6. The topological polar surface area (TPSA) is 141 Å². The van der Waals surface area contributed by atoms with Crippen LogP contribution >= 0.6 is 0 Å². The van der Waals surface area contributed by atoms with Gasteiger partial charge in [-0.3, -0.25) is 0 Å². The quantitative estimate of drug-likeness (QED) is 0.115. The van der Waals surface area contributed by atoms with Crippen molar-refractivity contribution in [2.24, 2.45) is 11.5 Å². The van der Waals surface area contributed by atoms with Crippen molar-refractivity contribution in [3.63, 3.8) is 0 Å². The fourth-order valence-electron chi connectivity index (χ4n) is 4.30. The summed E-state index contributed by atoms with van der Waals surface area (Å²) in [6, 6.07) is 0. The Labute approximate surface area is 268 Å². The highest BCUT2D eigenvalue weighted by Gasteiger charge is 2.28. The van der Waals surface area contributed by atoms with Crippen molar-refractivity contribution in [3.05, 3.63) is 0 Å². The molecule has 0 fully saturated rings. The molecule has 0 saturated carbocycles. The van der Waals surface area contributed by atoms with Gasteiger partial charge < -0.3 is 40.4 Å². The Balaban J connectivity index is 5.67. The van der Waals surface area contributed by atoms with Gasteiger partial charge in [-0.05, 0) is 101 Å². The molecule has 11 nitrogen and oxygen atoms in total. The highest BCUT2D eigenvalue weighted by atomic mass is 16.6. The Bertz CT molecular complexity index is 752. The van der Waals surface area contributed by atoms with Crippen molar-refractivity contribution >= 4 is 18.3 Å². The van der Waals surface area contributed by atoms with Gasteiger partial charge in [0, 0.05) is 39.3 Å². The Morgan fingerprint density at radius 1 is 0.409 bits per heavy atom. The van der Waals surface area contributed by atoms with E-state index in [2.05, 4.69) is 0 Å². The largest absolute Gasteiger partial charge is 0.444 e. The monoisotopic (exact) mass is 630 g/mol. The number of carbonyl (C=O) groups is 3. The lowest BCUT2D eigenvalue weighted by molar-refractivity contribution is 0.00817. The fraction of sp³-hybridized carbons (Fsp3) is 0.909. The van der Waals surface area contributed by atoms with E-state index in [1.165, 1.54) is 0 Å². The van der Waals surface area contributed by atoms with E-state index in [1.54, 1.807) is 14.7 Å². The minimum atomic E-state index is -0.696. The molecule has 0 unspecified atom stereocenters. The predicted molar refractivity (Wildman–Crippen MR) is 178 cm³/mol. The normalized spacial score (nSPS) is 12.1. The van der Waals surface area contributed by atoms with Crippen LogP contribution in [0.3, 0.4) is 0 Å². The van der Waals surface area contributed by atoms with Crippen LogP contribution in [0.25, 0.3) is 0 Å². The number of hydrogen-bond acceptors (Lipinski definition) is 8. The summed E-state index contributed by atoms with van der Waals surface area (Å²) in [4.78, 5) is 44.4. The van der Waals surface area contributed by atoms with Gasteiger partial charge in [0.1, 0.15) is 16.8 Å². The lowest BCUT2D eigenvalue weighted by atomic mass is 10.1. The standard InChI is InChI=1S/C33H67N5O6/c1-31(2,3)42-28(39)36(22-18-14-10-12-16-20-34)24-26-38(30(41)44-33(7,8)9)27-25-37(29(40)43-32(4,5)6)23-19-15-11-13-17-21-35/h10-27,34-35H2,1-9H3. The maximum Gasteiger partial charge on any atom is 0.410 e. The van der Waals surface area contributed by atoms with Gasteiger partial charge in [-0.15, -0.1) is 0 Å². The number of amides is 3. The summed E-state index contributed by atoms with van der Waals surface area (Å²) < 4.78 is 17.1. The molecule has 260 valence electrons. The molecule has 0 radical (unpaired) electrons. The highest BCUT2D eigenvalue weighted by molar-refractivity contribution is 5.70. The molecule has 11 heteroatoms. The third kappa shape index (κ3) is 23.2. The number of rotatable bonds is 20. The van der Waals surface area contributed by atoms with Crippen LogP contribution in [0, 0.1) is 0 Å². The van der Waals surface area contributed by atoms with Gasteiger partial charge in [-0.25, -0.2) is 14.4 Å². The van der Waals surface area contributed by atoms with Crippen molar-refractivity contribution < 1.29 is 28.6 Å². The van der Waals surface area contributed by atoms with E-state index < -0.39 is 35.1 Å². The molecule has 4 N–H and O–H groups in total. The molecule has 0 rings (SSSR count). The molecule has 0 heterocycles. The average molecular weight is 630 g/mol. The number of nitrogens with two attached hydrogens (primary N) is 2. The number of ether oxygens (including phenoxy) is 3. The first kappa shape index (κ1) is 41.7. The lowest BCUT2D eigenvalue weighted by Gasteiger charge is -2.33. The minimum Gasteiger partial charge on any atom is -0.444 e. The lowest BCUT2D eigenvalue weighted by Crippen LogP contribution is -2.48. The summed E-state index contributed by atoms with van der Waals surface area (Å²) in [5.74, 6) is 0. The summed E-state index contributed by atoms with van der Waals surface area (Å²) in [7, 11) is 0. The van der Waals surface area contributed by atoms with Crippen LogP contribution in [-0.4, -0.2) is 102 Å². The second-order valence-electron chi connectivity index (χ2n) is 14.5. The number of carbonyl (C=O) groups excluding carboxylic acids is 3. The SMILES string of the molecule is CC(C)(C)OC(=O)N(CCCCCCCN)CCN(CCN(CCCCCCCN)C(=O)OC(C)(C)C)C(=O)OC(C)(C)C.